The van der Waals surface area contributed by atoms with E-state index in [1.807, 2.05) is 19.9 Å². The standard InChI is InChI=1S/C18H21FN2O4S/c1-12-7-13(2)9-15(8-12)20-18(22)11-21(3)26(23,24)17-10-14(19)5-6-16(17)25-4/h5-10H,11H2,1-4H3,(H,20,22). The highest BCUT2D eigenvalue weighted by molar-refractivity contribution is 7.89. The predicted molar refractivity (Wildman–Crippen MR) is 97.3 cm³/mol. The quantitative estimate of drug-likeness (QED) is 0.836. The Kier molecular flexibility index (Phi) is 5.99. The van der Waals surface area contributed by atoms with E-state index in [0.717, 1.165) is 27.6 Å². The molecular formula is C18H21FN2O4S. The van der Waals surface area contributed by atoms with Crippen molar-refractivity contribution in [3.8, 4) is 5.75 Å². The highest BCUT2D eigenvalue weighted by Crippen LogP contribution is 2.26. The molecule has 0 aromatic heterocycles. The Balaban J connectivity index is 2.19. The first kappa shape index (κ1) is 19.9. The number of methoxy groups -OCH3 is 1. The highest BCUT2D eigenvalue weighted by atomic mass is 32.2. The average molecular weight is 380 g/mol. The van der Waals surface area contributed by atoms with Crippen LogP contribution < -0.4 is 10.1 Å². The lowest BCUT2D eigenvalue weighted by Gasteiger charge is -2.18. The Morgan fingerprint density at radius 2 is 1.77 bits per heavy atom. The Hall–Kier alpha value is -2.45. The summed E-state index contributed by atoms with van der Waals surface area (Å²) in [6.45, 7) is 3.37. The molecule has 8 heteroatoms. The van der Waals surface area contributed by atoms with Crippen LogP contribution >= 0.6 is 0 Å². The van der Waals surface area contributed by atoms with E-state index in [4.69, 9.17) is 4.74 Å². The summed E-state index contributed by atoms with van der Waals surface area (Å²) in [6, 6.07) is 8.73. The maximum Gasteiger partial charge on any atom is 0.247 e. The van der Waals surface area contributed by atoms with Gasteiger partial charge in [0.15, 0.2) is 0 Å². The highest BCUT2D eigenvalue weighted by Gasteiger charge is 2.27. The van der Waals surface area contributed by atoms with Gasteiger partial charge in [0.05, 0.1) is 13.7 Å². The zero-order valence-corrected chi connectivity index (χ0v) is 15.9. The van der Waals surface area contributed by atoms with E-state index in [9.17, 15) is 17.6 Å². The lowest BCUT2D eigenvalue weighted by molar-refractivity contribution is -0.116. The fourth-order valence-corrected chi connectivity index (χ4v) is 3.84. The first-order valence-corrected chi connectivity index (χ1v) is 9.25. The van der Waals surface area contributed by atoms with Crippen LogP contribution in [0.15, 0.2) is 41.3 Å². The Labute approximate surface area is 152 Å². The number of benzene rings is 2. The molecule has 6 nitrogen and oxygen atoms in total. The second kappa shape index (κ2) is 7.84. The van der Waals surface area contributed by atoms with Gasteiger partial charge in [0.25, 0.3) is 0 Å². The van der Waals surface area contributed by atoms with Crippen molar-refractivity contribution in [1.29, 1.82) is 0 Å². The van der Waals surface area contributed by atoms with Gasteiger partial charge < -0.3 is 10.1 Å². The van der Waals surface area contributed by atoms with Gasteiger partial charge in [-0.1, -0.05) is 6.07 Å². The van der Waals surface area contributed by atoms with Crippen LogP contribution in [0.5, 0.6) is 5.75 Å². The summed E-state index contributed by atoms with van der Waals surface area (Å²) < 4.78 is 44.6. The van der Waals surface area contributed by atoms with Crippen molar-refractivity contribution in [3.05, 3.63) is 53.3 Å². The minimum absolute atomic E-state index is 0.00738. The average Bonchev–Trinajstić information content (AvgIpc) is 2.53. The number of carbonyl (C=O) groups is 1. The van der Waals surface area contributed by atoms with Crippen molar-refractivity contribution in [2.45, 2.75) is 18.7 Å². The zero-order valence-electron chi connectivity index (χ0n) is 15.0. The van der Waals surface area contributed by atoms with Gasteiger partial charge in [0.1, 0.15) is 16.5 Å². The van der Waals surface area contributed by atoms with Crippen LogP contribution in [0.3, 0.4) is 0 Å². The molecule has 0 fully saturated rings. The largest absolute Gasteiger partial charge is 0.495 e. The number of likely N-dealkylation sites (N-methyl/N-ethyl adjacent to an activating group) is 1. The number of nitrogens with zero attached hydrogens (tertiary/aromatic N) is 1. The van der Waals surface area contributed by atoms with Crippen LogP contribution in [-0.4, -0.2) is 39.3 Å². The van der Waals surface area contributed by atoms with E-state index in [1.54, 1.807) is 12.1 Å². The van der Waals surface area contributed by atoms with Gasteiger partial charge in [-0.2, -0.15) is 4.31 Å². The molecule has 0 unspecified atom stereocenters. The molecule has 2 rings (SSSR count). The molecule has 0 bridgehead atoms. The van der Waals surface area contributed by atoms with Crippen molar-refractivity contribution < 1.29 is 22.3 Å². The van der Waals surface area contributed by atoms with Crippen LogP contribution in [-0.2, 0) is 14.8 Å². The molecule has 140 valence electrons. The van der Waals surface area contributed by atoms with Crippen LogP contribution in [0.25, 0.3) is 0 Å². The molecule has 0 saturated carbocycles. The Bertz CT molecular complexity index is 909. The minimum atomic E-state index is -4.10. The summed E-state index contributed by atoms with van der Waals surface area (Å²) >= 11 is 0. The van der Waals surface area contributed by atoms with Gasteiger partial charge in [-0.3, -0.25) is 4.79 Å². The third-order valence-electron chi connectivity index (χ3n) is 3.69. The van der Waals surface area contributed by atoms with Crippen LogP contribution in [0, 0.1) is 19.7 Å². The molecular weight excluding hydrogens is 359 g/mol. The Morgan fingerprint density at radius 1 is 1.15 bits per heavy atom. The van der Waals surface area contributed by atoms with Crippen LogP contribution in [0.2, 0.25) is 0 Å². The number of carbonyl (C=O) groups excluding carboxylic acids is 1. The molecule has 2 aromatic rings. The van der Waals surface area contributed by atoms with Gasteiger partial charge in [-0.15, -0.1) is 0 Å². The summed E-state index contributed by atoms with van der Waals surface area (Å²) in [5.41, 5.74) is 2.54. The number of anilines is 1. The molecule has 0 aliphatic rings. The number of amides is 1. The minimum Gasteiger partial charge on any atom is -0.495 e. The van der Waals surface area contributed by atoms with Crippen molar-refractivity contribution in [1.82, 2.24) is 4.31 Å². The molecule has 1 N–H and O–H groups in total. The number of nitrogens with one attached hydrogen (secondary N) is 1. The number of hydrogen-bond donors (Lipinski definition) is 1. The smallest absolute Gasteiger partial charge is 0.247 e. The lowest BCUT2D eigenvalue weighted by atomic mass is 10.1. The van der Waals surface area contributed by atoms with E-state index in [2.05, 4.69) is 5.32 Å². The van der Waals surface area contributed by atoms with Gasteiger partial charge >= 0.3 is 0 Å². The maximum absolute atomic E-state index is 13.5. The second-order valence-electron chi connectivity index (χ2n) is 5.98. The van der Waals surface area contributed by atoms with Gasteiger partial charge in [-0.25, -0.2) is 12.8 Å². The van der Waals surface area contributed by atoms with Gasteiger partial charge in [0, 0.05) is 12.7 Å². The number of sulfonamides is 1. The molecule has 0 aliphatic heterocycles. The second-order valence-corrected chi connectivity index (χ2v) is 7.99. The van der Waals surface area contributed by atoms with E-state index in [1.165, 1.54) is 20.2 Å². The molecule has 0 spiro atoms. The lowest BCUT2D eigenvalue weighted by Crippen LogP contribution is -2.35. The molecule has 26 heavy (non-hydrogen) atoms. The molecule has 0 radical (unpaired) electrons. The number of rotatable bonds is 6. The number of hydrogen-bond acceptors (Lipinski definition) is 4. The molecule has 0 aliphatic carbocycles. The first-order chi connectivity index (χ1) is 12.1. The molecule has 0 heterocycles. The van der Waals surface area contributed by atoms with Crippen molar-refractivity contribution in [2.24, 2.45) is 0 Å². The Morgan fingerprint density at radius 3 is 2.35 bits per heavy atom. The van der Waals surface area contributed by atoms with Crippen molar-refractivity contribution in [3.63, 3.8) is 0 Å². The first-order valence-electron chi connectivity index (χ1n) is 7.81. The van der Waals surface area contributed by atoms with E-state index < -0.39 is 28.3 Å². The third-order valence-corrected chi connectivity index (χ3v) is 5.51. The van der Waals surface area contributed by atoms with Gasteiger partial charge in [0.2, 0.25) is 15.9 Å². The fourth-order valence-electron chi connectivity index (χ4n) is 2.55. The zero-order chi connectivity index (χ0) is 19.5. The summed E-state index contributed by atoms with van der Waals surface area (Å²) in [5.74, 6) is -1.21. The maximum atomic E-state index is 13.5. The predicted octanol–water partition coefficient (Wildman–Crippen LogP) is 2.71. The number of ether oxygens (including phenoxy) is 1. The third kappa shape index (κ3) is 4.59. The SMILES string of the molecule is COc1ccc(F)cc1S(=O)(=O)N(C)CC(=O)Nc1cc(C)cc(C)c1. The number of aryl methyl sites for hydroxylation is 2. The fraction of sp³-hybridized carbons (Fsp3) is 0.278. The van der Waals surface area contributed by atoms with E-state index in [0.29, 0.717) is 5.69 Å². The van der Waals surface area contributed by atoms with Crippen LogP contribution in [0.1, 0.15) is 11.1 Å². The van der Waals surface area contributed by atoms with E-state index in [-0.39, 0.29) is 10.6 Å². The van der Waals surface area contributed by atoms with Crippen molar-refractivity contribution >= 4 is 21.6 Å². The summed E-state index contributed by atoms with van der Waals surface area (Å²) in [4.78, 5) is 11.9. The number of halogens is 1. The molecule has 0 atom stereocenters. The summed E-state index contributed by atoms with van der Waals surface area (Å²) in [5, 5.41) is 2.67. The summed E-state index contributed by atoms with van der Waals surface area (Å²) in [7, 11) is -1.56. The summed E-state index contributed by atoms with van der Waals surface area (Å²) in [6.07, 6.45) is 0. The normalized spacial score (nSPS) is 11.5. The van der Waals surface area contributed by atoms with E-state index >= 15 is 0 Å². The van der Waals surface area contributed by atoms with Crippen molar-refractivity contribution in [2.75, 3.05) is 26.0 Å². The molecule has 0 saturated heterocycles. The monoisotopic (exact) mass is 380 g/mol. The van der Waals surface area contributed by atoms with Gasteiger partial charge in [-0.05, 0) is 55.3 Å². The molecule has 2 aromatic carbocycles. The van der Waals surface area contributed by atoms with Crippen LogP contribution in [0.4, 0.5) is 10.1 Å². The molecule has 1 amide bonds. The topological polar surface area (TPSA) is 75.7 Å².